The Morgan fingerprint density at radius 1 is 1.25 bits per heavy atom. The lowest BCUT2D eigenvalue weighted by Gasteiger charge is -2.11. The fourth-order valence-electron chi connectivity index (χ4n) is 2.89. The zero-order valence-corrected chi connectivity index (χ0v) is 16.2. The first-order chi connectivity index (χ1) is 13.4. The number of imidazole rings is 1. The summed E-state index contributed by atoms with van der Waals surface area (Å²) in [6, 6.07) is 6.03. The van der Waals surface area contributed by atoms with E-state index in [9.17, 15) is 14.0 Å². The Balaban J connectivity index is 1.95. The van der Waals surface area contributed by atoms with E-state index in [1.807, 2.05) is 13.8 Å². The lowest BCUT2D eigenvalue weighted by Crippen LogP contribution is -2.29. The number of aromatic nitrogens is 4. The number of fused-ring (bicyclic) bond motifs is 1. The summed E-state index contributed by atoms with van der Waals surface area (Å²) in [6.45, 7) is 5.45. The van der Waals surface area contributed by atoms with E-state index in [4.69, 9.17) is 4.74 Å². The quantitative estimate of drug-likeness (QED) is 0.574. The Labute approximate surface area is 161 Å². The van der Waals surface area contributed by atoms with Gasteiger partial charge in [0.2, 0.25) is 5.95 Å². The van der Waals surface area contributed by atoms with Crippen molar-refractivity contribution in [2.75, 3.05) is 18.5 Å². The van der Waals surface area contributed by atoms with Gasteiger partial charge in [0.1, 0.15) is 5.82 Å². The maximum absolute atomic E-state index is 13.2. The van der Waals surface area contributed by atoms with Crippen molar-refractivity contribution in [2.45, 2.75) is 32.9 Å². The van der Waals surface area contributed by atoms with Crippen LogP contribution in [0.5, 0.6) is 0 Å². The van der Waals surface area contributed by atoms with Gasteiger partial charge in [-0.25, -0.2) is 9.18 Å². The van der Waals surface area contributed by atoms with E-state index >= 15 is 0 Å². The second-order valence-corrected chi connectivity index (χ2v) is 6.84. The first-order valence-electron chi connectivity index (χ1n) is 9.16. The zero-order valence-electron chi connectivity index (χ0n) is 16.2. The third-order valence-electron chi connectivity index (χ3n) is 4.32. The predicted octanol–water partition coefficient (Wildman–Crippen LogP) is 1.84. The lowest BCUT2D eigenvalue weighted by molar-refractivity contribution is 0.0787. The van der Waals surface area contributed by atoms with E-state index in [0.717, 1.165) is 12.0 Å². The van der Waals surface area contributed by atoms with Crippen molar-refractivity contribution in [1.29, 1.82) is 0 Å². The highest BCUT2D eigenvalue weighted by atomic mass is 19.1. The van der Waals surface area contributed by atoms with Crippen LogP contribution >= 0.6 is 0 Å². The Kier molecular flexibility index (Phi) is 5.93. The summed E-state index contributed by atoms with van der Waals surface area (Å²) in [5.41, 5.74) is 0.342. The van der Waals surface area contributed by atoms with Gasteiger partial charge in [0.15, 0.2) is 11.2 Å². The van der Waals surface area contributed by atoms with E-state index in [0.29, 0.717) is 25.6 Å². The van der Waals surface area contributed by atoms with Gasteiger partial charge >= 0.3 is 5.69 Å². The van der Waals surface area contributed by atoms with Crippen LogP contribution in [0.2, 0.25) is 0 Å². The van der Waals surface area contributed by atoms with Crippen molar-refractivity contribution in [3.8, 4) is 0 Å². The molecule has 0 unspecified atom stereocenters. The molecule has 0 saturated heterocycles. The number of nitrogens with zero attached hydrogens (tertiary/aromatic N) is 3. The van der Waals surface area contributed by atoms with Crippen LogP contribution in [0.4, 0.5) is 10.3 Å². The van der Waals surface area contributed by atoms with Crippen LogP contribution < -0.4 is 16.6 Å². The smallest absolute Gasteiger partial charge is 0.329 e. The third-order valence-corrected chi connectivity index (χ3v) is 4.32. The summed E-state index contributed by atoms with van der Waals surface area (Å²) in [7, 11) is 1.55. The molecule has 0 aliphatic carbocycles. The number of benzene rings is 1. The summed E-state index contributed by atoms with van der Waals surface area (Å²) in [6.07, 6.45) is 0.920. The Morgan fingerprint density at radius 2 is 1.96 bits per heavy atom. The van der Waals surface area contributed by atoms with Gasteiger partial charge in [0.05, 0.1) is 12.6 Å². The van der Waals surface area contributed by atoms with Crippen molar-refractivity contribution < 1.29 is 9.13 Å². The van der Waals surface area contributed by atoms with E-state index in [2.05, 4.69) is 15.3 Å². The first kappa shape index (κ1) is 19.8. The van der Waals surface area contributed by atoms with Gasteiger partial charge in [-0.1, -0.05) is 12.1 Å². The molecule has 0 fully saturated rings. The van der Waals surface area contributed by atoms with Crippen molar-refractivity contribution in [3.05, 3.63) is 56.5 Å². The SMILES string of the molecule is CC(C)OCCCNc1nc2c(c(=O)[nH]c(=O)n2C)n1Cc1ccc(F)cc1. The second-order valence-electron chi connectivity index (χ2n) is 6.84. The molecule has 0 saturated carbocycles. The van der Waals surface area contributed by atoms with E-state index in [1.54, 1.807) is 23.7 Å². The first-order valence-corrected chi connectivity index (χ1v) is 9.16. The molecular weight excluding hydrogens is 365 g/mol. The Morgan fingerprint density at radius 3 is 2.64 bits per heavy atom. The lowest BCUT2D eigenvalue weighted by atomic mass is 10.2. The molecule has 3 rings (SSSR count). The van der Waals surface area contributed by atoms with Crippen LogP contribution in [0, 0.1) is 5.82 Å². The number of ether oxygens (including phenoxy) is 1. The monoisotopic (exact) mass is 389 g/mol. The number of H-pyrrole nitrogens is 1. The highest BCUT2D eigenvalue weighted by Gasteiger charge is 2.17. The highest BCUT2D eigenvalue weighted by Crippen LogP contribution is 2.18. The number of rotatable bonds is 8. The molecule has 8 nitrogen and oxygen atoms in total. The molecule has 0 aliphatic rings. The summed E-state index contributed by atoms with van der Waals surface area (Å²) < 4.78 is 21.7. The largest absolute Gasteiger partial charge is 0.379 e. The molecule has 0 aliphatic heterocycles. The molecule has 2 N–H and O–H groups in total. The summed E-state index contributed by atoms with van der Waals surface area (Å²) >= 11 is 0. The standard InChI is InChI=1S/C19H24FN5O3/c1-12(2)28-10-4-9-21-18-22-16-15(17(26)23-19(27)24(16)3)25(18)11-13-5-7-14(20)8-6-13/h5-8,12H,4,9-11H2,1-3H3,(H,21,22)(H,23,26,27). The van der Waals surface area contributed by atoms with E-state index < -0.39 is 11.2 Å². The molecule has 0 bridgehead atoms. The molecule has 0 atom stereocenters. The average molecular weight is 389 g/mol. The molecule has 0 amide bonds. The Hall–Kier alpha value is -2.94. The Bertz CT molecular complexity index is 1070. The number of hydrogen-bond acceptors (Lipinski definition) is 5. The fourth-order valence-corrected chi connectivity index (χ4v) is 2.89. The van der Waals surface area contributed by atoms with Crippen LogP contribution in [-0.4, -0.2) is 38.4 Å². The number of nitrogens with one attached hydrogen (secondary N) is 2. The number of aromatic amines is 1. The molecule has 2 aromatic heterocycles. The maximum atomic E-state index is 13.2. The van der Waals surface area contributed by atoms with Gasteiger partial charge in [-0.05, 0) is 38.0 Å². The minimum atomic E-state index is -0.527. The van der Waals surface area contributed by atoms with Crippen molar-refractivity contribution in [2.24, 2.45) is 7.05 Å². The molecule has 150 valence electrons. The normalized spacial score (nSPS) is 11.5. The van der Waals surface area contributed by atoms with Crippen LogP contribution in [0.25, 0.3) is 11.2 Å². The van der Waals surface area contributed by atoms with Crippen molar-refractivity contribution in [1.82, 2.24) is 19.1 Å². The van der Waals surface area contributed by atoms with Gasteiger partial charge in [-0.2, -0.15) is 4.98 Å². The number of anilines is 1. The summed E-state index contributed by atoms with van der Waals surface area (Å²) in [5, 5.41) is 3.21. The average Bonchev–Trinajstić information content (AvgIpc) is 3.00. The van der Waals surface area contributed by atoms with Crippen molar-refractivity contribution >= 4 is 17.1 Å². The van der Waals surface area contributed by atoms with Crippen LogP contribution in [0.15, 0.2) is 33.9 Å². The number of hydrogen-bond donors (Lipinski definition) is 2. The van der Waals surface area contributed by atoms with E-state index in [-0.39, 0.29) is 23.1 Å². The molecule has 0 radical (unpaired) electrons. The molecule has 3 aromatic rings. The van der Waals surface area contributed by atoms with Crippen molar-refractivity contribution in [3.63, 3.8) is 0 Å². The third kappa shape index (κ3) is 4.30. The fraction of sp³-hybridized carbons (Fsp3) is 0.421. The number of halogens is 1. The van der Waals surface area contributed by atoms with E-state index in [1.165, 1.54) is 16.7 Å². The molecular formula is C19H24FN5O3. The predicted molar refractivity (Wildman–Crippen MR) is 105 cm³/mol. The van der Waals surface area contributed by atoms with Gasteiger partial charge in [-0.15, -0.1) is 0 Å². The highest BCUT2D eigenvalue weighted by molar-refractivity contribution is 5.74. The zero-order chi connectivity index (χ0) is 20.3. The van der Waals surface area contributed by atoms with Gasteiger partial charge in [0, 0.05) is 20.2 Å². The maximum Gasteiger partial charge on any atom is 0.329 e. The molecule has 1 aromatic carbocycles. The van der Waals surface area contributed by atoms with Gasteiger partial charge in [-0.3, -0.25) is 18.9 Å². The summed E-state index contributed by atoms with van der Waals surface area (Å²) in [4.78, 5) is 31.1. The minimum absolute atomic E-state index is 0.163. The topological polar surface area (TPSA) is 93.9 Å². The summed E-state index contributed by atoms with van der Waals surface area (Å²) in [5.74, 6) is 0.138. The molecule has 0 spiro atoms. The number of aryl methyl sites for hydroxylation is 1. The van der Waals surface area contributed by atoms with Gasteiger partial charge < -0.3 is 10.1 Å². The minimum Gasteiger partial charge on any atom is -0.379 e. The molecule has 9 heteroatoms. The van der Waals surface area contributed by atoms with Crippen LogP contribution in [0.3, 0.4) is 0 Å². The molecule has 28 heavy (non-hydrogen) atoms. The second kappa shape index (κ2) is 8.39. The van der Waals surface area contributed by atoms with Gasteiger partial charge in [0.25, 0.3) is 5.56 Å². The van der Waals surface area contributed by atoms with Crippen LogP contribution in [-0.2, 0) is 18.3 Å². The van der Waals surface area contributed by atoms with Crippen LogP contribution in [0.1, 0.15) is 25.8 Å². The molecule has 2 heterocycles.